The molecule has 3 aromatic carbocycles. The van der Waals surface area contributed by atoms with Crippen LogP contribution in [0.5, 0.6) is 0 Å². The number of imide groups is 2. The number of nitrogens with zero attached hydrogens (tertiary/aromatic N) is 4. The lowest BCUT2D eigenvalue weighted by Crippen LogP contribution is -2.54. The van der Waals surface area contributed by atoms with E-state index in [1.54, 1.807) is 12.1 Å². The number of carbonyl (C=O) groups is 5. The van der Waals surface area contributed by atoms with Crippen molar-refractivity contribution in [2.75, 3.05) is 29.9 Å². The minimum atomic E-state index is -0.968. The Labute approximate surface area is 318 Å². The van der Waals surface area contributed by atoms with Crippen LogP contribution in [0.3, 0.4) is 0 Å². The number of amides is 5. The quantitative estimate of drug-likeness (QED) is 0.290. The zero-order valence-electron chi connectivity index (χ0n) is 29.9. The molecule has 1 unspecified atom stereocenters. The van der Waals surface area contributed by atoms with E-state index in [-0.39, 0.29) is 36.7 Å². The van der Waals surface area contributed by atoms with Crippen LogP contribution >= 0.6 is 11.6 Å². The standard InChI is InChI=1S/C41H42ClN7O5/c42-35-21-30(4-1-26(35)22-43)44-28-5-7-29(8-6-28)45-38(51)24-2-9-31(10-3-24)47-17-14-32(15-18-47)48-16-13-25-19-33-34(20-27(25)23-48)41(54)49(40(33)53)36-11-12-37(50)46-39(36)52/h1-4,9-10,19-21,28-29,32,36,44H,5-8,11-18,23H2,(H,45,51)(H,46,50,52)/t28-,29-,36?. The smallest absolute Gasteiger partial charge is 0.262 e. The van der Waals surface area contributed by atoms with Crippen LogP contribution in [0.15, 0.2) is 54.6 Å². The summed E-state index contributed by atoms with van der Waals surface area (Å²) in [4.78, 5) is 69.8. The maximum absolute atomic E-state index is 13.4. The molecule has 8 rings (SSSR count). The average molecular weight is 748 g/mol. The first-order valence-electron chi connectivity index (χ1n) is 18.9. The summed E-state index contributed by atoms with van der Waals surface area (Å²) in [5, 5.41) is 18.5. The molecule has 1 saturated carbocycles. The number of rotatable bonds is 7. The van der Waals surface area contributed by atoms with Gasteiger partial charge in [0.2, 0.25) is 11.8 Å². The molecule has 4 heterocycles. The number of nitriles is 1. The van der Waals surface area contributed by atoms with E-state index in [4.69, 9.17) is 16.9 Å². The normalized spacial score (nSPS) is 23.4. The van der Waals surface area contributed by atoms with E-state index < -0.39 is 23.8 Å². The van der Waals surface area contributed by atoms with Crippen molar-refractivity contribution in [2.45, 2.75) is 88.5 Å². The lowest BCUT2D eigenvalue weighted by atomic mass is 9.90. The molecule has 0 spiro atoms. The third kappa shape index (κ3) is 7.06. The molecule has 13 heteroatoms. The van der Waals surface area contributed by atoms with Gasteiger partial charge < -0.3 is 15.5 Å². The number of nitrogens with one attached hydrogen (secondary N) is 3. The van der Waals surface area contributed by atoms with Gasteiger partial charge in [-0.1, -0.05) is 11.6 Å². The fraction of sp³-hybridized carbons (Fsp3) is 0.415. The number of anilines is 2. The van der Waals surface area contributed by atoms with Gasteiger partial charge in [-0.3, -0.25) is 39.1 Å². The Morgan fingerprint density at radius 3 is 2.15 bits per heavy atom. The lowest BCUT2D eigenvalue weighted by molar-refractivity contribution is -0.136. The fourth-order valence-corrected chi connectivity index (χ4v) is 8.98. The van der Waals surface area contributed by atoms with Gasteiger partial charge in [0.25, 0.3) is 17.7 Å². The second kappa shape index (κ2) is 14.9. The van der Waals surface area contributed by atoms with E-state index in [1.807, 2.05) is 42.5 Å². The van der Waals surface area contributed by atoms with Crippen molar-refractivity contribution in [1.82, 2.24) is 20.4 Å². The highest BCUT2D eigenvalue weighted by Gasteiger charge is 2.45. The predicted molar refractivity (Wildman–Crippen MR) is 202 cm³/mol. The molecule has 278 valence electrons. The summed E-state index contributed by atoms with van der Waals surface area (Å²) in [6, 6.07) is 18.9. The molecular formula is C41H42ClN7O5. The highest BCUT2D eigenvalue weighted by atomic mass is 35.5. The SMILES string of the molecule is N#Cc1ccc(N[C@H]2CC[C@H](NC(=O)c3ccc(N4CCC(N5CCc6cc7c(cc6C5)C(=O)N(C5CCC(=O)NC5=O)C7=O)CC4)cc3)CC2)cc1Cl. The molecule has 5 aliphatic rings. The summed E-state index contributed by atoms with van der Waals surface area (Å²) in [7, 11) is 0. The molecule has 0 bridgehead atoms. The van der Waals surface area contributed by atoms with Crippen molar-refractivity contribution in [3.05, 3.63) is 93.0 Å². The minimum Gasteiger partial charge on any atom is -0.382 e. The van der Waals surface area contributed by atoms with E-state index in [0.717, 1.165) is 92.0 Å². The average Bonchev–Trinajstić information content (AvgIpc) is 3.42. The molecule has 1 aliphatic carbocycles. The van der Waals surface area contributed by atoms with Crippen molar-refractivity contribution in [3.63, 3.8) is 0 Å². The first-order valence-corrected chi connectivity index (χ1v) is 19.3. The minimum absolute atomic E-state index is 0.0543. The summed E-state index contributed by atoms with van der Waals surface area (Å²) in [6.07, 6.45) is 6.60. The van der Waals surface area contributed by atoms with Gasteiger partial charge in [-0.25, -0.2) is 0 Å². The second-order valence-electron chi connectivity index (χ2n) is 15.1. The van der Waals surface area contributed by atoms with Gasteiger partial charge in [0, 0.05) is 67.7 Å². The fourth-order valence-electron chi connectivity index (χ4n) is 8.75. The predicted octanol–water partition coefficient (Wildman–Crippen LogP) is 4.79. The highest BCUT2D eigenvalue weighted by molar-refractivity contribution is 6.32. The molecule has 3 fully saturated rings. The molecule has 5 amide bonds. The number of hydrogen-bond donors (Lipinski definition) is 3. The Hall–Kier alpha value is -5.25. The third-order valence-corrected chi connectivity index (χ3v) is 12.1. The van der Waals surface area contributed by atoms with Gasteiger partial charge in [0.05, 0.1) is 21.7 Å². The van der Waals surface area contributed by atoms with Gasteiger partial charge in [-0.15, -0.1) is 0 Å². The van der Waals surface area contributed by atoms with Crippen LogP contribution in [-0.2, 0) is 22.6 Å². The zero-order chi connectivity index (χ0) is 37.5. The van der Waals surface area contributed by atoms with Crippen LogP contribution in [0, 0.1) is 11.3 Å². The van der Waals surface area contributed by atoms with Crippen molar-refractivity contribution >= 4 is 52.5 Å². The number of hydrogen-bond acceptors (Lipinski definition) is 9. The Bertz CT molecular complexity index is 2060. The molecule has 54 heavy (non-hydrogen) atoms. The Balaban J connectivity index is 0.810. The summed E-state index contributed by atoms with van der Waals surface area (Å²) < 4.78 is 0. The van der Waals surface area contributed by atoms with Crippen molar-refractivity contribution in [1.29, 1.82) is 5.26 Å². The highest BCUT2D eigenvalue weighted by Crippen LogP contribution is 2.34. The maximum Gasteiger partial charge on any atom is 0.262 e. The topological polar surface area (TPSA) is 155 Å². The van der Waals surface area contributed by atoms with E-state index >= 15 is 0 Å². The second-order valence-corrected chi connectivity index (χ2v) is 15.5. The molecule has 3 aromatic rings. The van der Waals surface area contributed by atoms with Crippen LogP contribution in [0.4, 0.5) is 11.4 Å². The molecular weight excluding hydrogens is 706 g/mol. The van der Waals surface area contributed by atoms with Crippen LogP contribution < -0.4 is 20.9 Å². The molecule has 4 aliphatic heterocycles. The maximum atomic E-state index is 13.4. The van der Waals surface area contributed by atoms with Gasteiger partial charge in [0.1, 0.15) is 12.1 Å². The molecule has 0 aromatic heterocycles. The summed E-state index contributed by atoms with van der Waals surface area (Å²) in [5.74, 6) is -1.97. The Morgan fingerprint density at radius 1 is 0.796 bits per heavy atom. The third-order valence-electron chi connectivity index (χ3n) is 11.8. The lowest BCUT2D eigenvalue weighted by Gasteiger charge is -2.41. The number of carbonyl (C=O) groups excluding carboxylic acids is 5. The summed E-state index contributed by atoms with van der Waals surface area (Å²) >= 11 is 6.19. The molecule has 12 nitrogen and oxygen atoms in total. The number of benzene rings is 3. The number of fused-ring (bicyclic) bond motifs is 2. The molecule has 3 N–H and O–H groups in total. The van der Waals surface area contributed by atoms with Crippen molar-refractivity contribution in [3.8, 4) is 6.07 Å². The van der Waals surface area contributed by atoms with E-state index in [1.165, 1.54) is 0 Å². The van der Waals surface area contributed by atoms with Gasteiger partial charge in [-0.2, -0.15) is 5.26 Å². The molecule has 2 saturated heterocycles. The number of halogens is 1. The first-order chi connectivity index (χ1) is 26.1. The first kappa shape index (κ1) is 35.8. The molecule has 1 atom stereocenters. The Morgan fingerprint density at radius 2 is 1.48 bits per heavy atom. The van der Waals surface area contributed by atoms with Gasteiger partial charge in [-0.05, 0) is 117 Å². The van der Waals surface area contributed by atoms with Crippen molar-refractivity contribution < 1.29 is 24.0 Å². The summed E-state index contributed by atoms with van der Waals surface area (Å²) in [5.41, 5.74) is 5.90. The zero-order valence-corrected chi connectivity index (χ0v) is 30.7. The van der Waals surface area contributed by atoms with Gasteiger partial charge in [0.15, 0.2) is 0 Å². The van der Waals surface area contributed by atoms with Crippen LogP contribution in [-0.4, -0.2) is 83.1 Å². The number of piperidine rings is 2. The largest absolute Gasteiger partial charge is 0.382 e. The van der Waals surface area contributed by atoms with E-state index in [0.29, 0.717) is 39.9 Å². The van der Waals surface area contributed by atoms with Crippen LogP contribution in [0.1, 0.15) is 99.1 Å². The molecule has 0 radical (unpaired) electrons. The Kier molecular flexibility index (Phi) is 9.85. The van der Waals surface area contributed by atoms with Crippen LogP contribution in [0.25, 0.3) is 0 Å². The van der Waals surface area contributed by atoms with Crippen molar-refractivity contribution in [2.24, 2.45) is 0 Å². The van der Waals surface area contributed by atoms with E-state index in [2.05, 4.69) is 31.8 Å². The van der Waals surface area contributed by atoms with Gasteiger partial charge >= 0.3 is 0 Å². The monoisotopic (exact) mass is 747 g/mol. The van der Waals surface area contributed by atoms with Crippen LogP contribution in [0.2, 0.25) is 5.02 Å². The summed E-state index contributed by atoms with van der Waals surface area (Å²) in [6.45, 7) is 3.35. The van der Waals surface area contributed by atoms with E-state index in [9.17, 15) is 24.0 Å².